The fourth-order valence-corrected chi connectivity index (χ4v) is 4.14. The van der Waals surface area contributed by atoms with Gasteiger partial charge in [0, 0.05) is 0 Å². The van der Waals surface area contributed by atoms with Crippen molar-refractivity contribution in [3.05, 3.63) is 0 Å². The summed E-state index contributed by atoms with van der Waals surface area (Å²) in [5, 5.41) is -0.455. The maximum absolute atomic E-state index is 11.1. The molecule has 0 saturated carbocycles. The summed E-state index contributed by atoms with van der Waals surface area (Å²) in [5.74, 6) is -0.226. The lowest BCUT2D eigenvalue weighted by Gasteiger charge is -2.20. The van der Waals surface area contributed by atoms with Crippen molar-refractivity contribution in [2.24, 2.45) is 0 Å². The highest BCUT2D eigenvalue weighted by Gasteiger charge is 2.31. The maximum atomic E-state index is 11.1. The standard InChI is InChI=1S/C6H12Cl2O2Si/c1-6(2,4(9)10-3)11-5(7)8/h5H,11H2,1-3H3. The number of ether oxygens (including phenoxy) is 1. The van der Waals surface area contributed by atoms with Crippen molar-refractivity contribution in [1.29, 1.82) is 0 Å². The highest BCUT2D eigenvalue weighted by atomic mass is 35.5. The van der Waals surface area contributed by atoms with Gasteiger partial charge < -0.3 is 4.74 Å². The molecule has 0 aromatic rings. The van der Waals surface area contributed by atoms with Crippen LogP contribution in [0, 0.1) is 0 Å². The third-order valence-corrected chi connectivity index (χ3v) is 3.95. The quantitative estimate of drug-likeness (QED) is 0.403. The summed E-state index contributed by atoms with van der Waals surface area (Å²) in [6.45, 7) is 3.62. The highest BCUT2D eigenvalue weighted by molar-refractivity contribution is 6.71. The molecule has 0 aliphatic carbocycles. The van der Waals surface area contributed by atoms with E-state index in [4.69, 9.17) is 23.2 Å². The van der Waals surface area contributed by atoms with E-state index in [1.807, 2.05) is 13.8 Å². The van der Waals surface area contributed by atoms with E-state index in [-0.39, 0.29) is 10.4 Å². The summed E-state index contributed by atoms with van der Waals surface area (Å²) < 4.78 is 4.21. The Morgan fingerprint density at radius 3 is 2.27 bits per heavy atom. The van der Waals surface area contributed by atoms with Crippen LogP contribution in [0.5, 0.6) is 0 Å². The molecule has 0 unspecified atom stereocenters. The van der Waals surface area contributed by atoms with E-state index >= 15 is 0 Å². The Balaban J connectivity index is 4.09. The van der Waals surface area contributed by atoms with Gasteiger partial charge in [0.25, 0.3) is 0 Å². The van der Waals surface area contributed by atoms with Crippen LogP contribution in [-0.4, -0.2) is 27.1 Å². The zero-order chi connectivity index (χ0) is 9.07. The van der Waals surface area contributed by atoms with Gasteiger partial charge in [-0.1, -0.05) is 13.8 Å². The van der Waals surface area contributed by atoms with Crippen LogP contribution < -0.4 is 0 Å². The first-order valence-corrected chi connectivity index (χ1v) is 5.66. The van der Waals surface area contributed by atoms with Crippen LogP contribution in [0.2, 0.25) is 5.04 Å². The van der Waals surface area contributed by atoms with Crippen molar-refractivity contribution in [2.45, 2.75) is 23.3 Å². The fraction of sp³-hybridized carbons (Fsp3) is 0.833. The maximum Gasteiger partial charge on any atom is 0.307 e. The molecule has 0 amide bonds. The SMILES string of the molecule is COC(=O)C(C)(C)[SiH2]C(Cl)Cl. The van der Waals surface area contributed by atoms with Crippen molar-refractivity contribution in [2.75, 3.05) is 7.11 Å². The minimum absolute atomic E-state index is 0.226. The Kier molecular flexibility index (Phi) is 4.44. The lowest BCUT2D eigenvalue weighted by Crippen LogP contribution is -2.28. The van der Waals surface area contributed by atoms with E-state index in [2.05, 4.69) is 4.74 Å². The largest absolute Gasteiger partial charge is 0.469 e. The first-order valence-electron chi connectivity index (χ1n) is 3.26. The fourth-order valence-electron chi connectivity index (χ4n) is 0.745. The lowest BCUT2D eigenvalue weighted by atomic mass is 10.2. The third-order valence-electron chi connectivity index (χ3n) is 1.40. The Hall–Kier alpha value is 0.267. The molecule has 66 valence electrons. The zero-order valence-electron chi connectivity index (χ0n) is 6.86. The Bertz CT molecular complexity index is 148. The molecule has 0 atom stereocenters. The Morgan fingerprint density at radius 1 is 1.55 bits per heavy atom. The van der Waals surface area contributed by atoms with Crippen LogP contribution in [-0.2, 0) is 9.53 Å². The molecule has 11 heavy (non-hydrogen) atoms. The number of halogens is 2. The van der Waals surface area contributed by atoms with Crippen LogP contribution in [0.4, 0.5) is 0 Å². The van der Waals surface area contributed by atoms with Crippen LogP contribution in [0.25, 0.3) is 0 Å². The first-order chi connectivity index (χ1) is 4.90. The number of esters is 1. The second kappa shape index (κ2) is 4.33. The van der Waals surface area contributed by atoms with Crippen LogP contribution in [0.1, 0.15) is 13.8 Å². The van der Waals surface area contributed by atoms with Gasteiger partial charge in [0.15, 0.2) is 0 Å². The first kappa shape index (κ1) is 11.3. The van der Waals surface area contributed by atoms with Crippen LogP contribution in [0.3, 0.4) is 0 Å². The van der Waals surface area contributed by atoms with Crippen molar-refractivity contribution >= 4 is 38.7 Å². The monoisotopic (exact) mass is 214 g/mol. The van der Waals surface area contributed by atoms with E-state index in [0.29, 0.717) is 0 Å². The predicted molar refractivity (Wildman–Crippen MR) is 50.1 cm³/mol. The molecule has 0 bridgehead atoms. The van der Waals surface area contributed by atoms with E-state index in [1.165, 1.54) is 7.11 Å². The van der Waals surface area contributed by atoms with Gasteiger partial charge in [0.05, 0.1) is 26.1 Å². The summed E-state index contributed by atoms with van der Waals surface area (Å²) >= 11 is 11.2. The topological polar surface area (TPSA) is 26.3 Å². The van der Waals surface area contributed by atoms with Gasteiger partial charge in [-0.2, -0.15) is 0 Å². The molecule has 0 fully saturated rings. The molecule has 0 radical (unpaired) electrons. The lowest BCUT2D eigenvalue weighted by molar-refractivity contribution is -0.143. The Labute approximate surface area is 79.0 Å². The molecule has 0 rings (SSSR count). The minimum Gasteiger partial charge on any atom is -0.469 e. The highest BCUT2D eigenvalue weighted by Crippen LogP contribution is 2.27. The molecule has 0 spiro atoms. The number of rotatable bonds is 3. The third kappa shape index (κ3) is 3.99. The summed E-state index contributed by atoms with van der Waals surface area (Å²) in [6, 6.07) is 0. The van der Waals surface area contributed by atoms with Gasteiger partial charge in [0.1, 0.15) is 0 Å². The van der Waals surface area contributed by atoms with Crippen molar-refractivity contribution in [1.82, 2.24) is 0 Å². The number of hydrogen-bond donors (Lipinski definition) is 0. The van der Waals surface area contributed by atoms with Gasteiger partial charge in [-0.3, -0.25) is 4.79 Å². The van der Waals surface area contributed by atoms with E-state index in [9.17, 15) is 4.79 Å². The molecule has 0 aromatic carbocycles. The molecule has 0 aromatic heterocycles. The van der Waals surface area contributed by atoms with E-state index in [0.717, 1.165) is 0 Å². The zero-order valence-corrected chi connectivity index (χ0v) is 9.78. The van der Waals surface area contributed by atoms with Gasteiger partial charge in [0.2, 0.25) is 0 Å². The number of carbonyl (C=O) groups excluding carboxylic acids is 1. The normalized spacial score (nSPS) is 12.9. The van der Waals surface area contributed by atoms with Crippen LogP contribution in [0.15, 0.2) is 0 Å². The molecule has 2 nitrogen and oxygen atoms in total. The van der Waals surface area contributed by atoms with Crippen molar-refractivity contribution in [3.63, 3.8) is 0 Å². The summed E-state index contributed by atoms with van der Waals surface area (Å²) in [4.78, 5) is 11.1. The molecular weight excluding hydrogens is 203 g/mol. The second-order valence-corrected chi connectivity index (χ2v) is 8.28. The molecule has 0 saturated heterocycles. The predicted octanol–water partition coefficient (Wildman–Crippen LogP) is 1.29. The average molecular weight is 215 g/mol. The van der Waals surface area contributed by atoms with Crippen LogP contribution >= 0.6 is 23.2 Å². The smallest absolute Gasteiger partial charge is 0.307 e. The van der Waals surface area contributed by atoms with Gasteiger partial charge in [-0.25, -0.2) is 0 Å². The average Bonchev–Trinajstić information content (AvgIpc) is 1.83. The number of alkyl halides is 2. The van der Waals surface area contributed by atoms with Gasteiger partial charge in [-0.05, 0) is 0 Å². The number of hydrogen-bond acceptors (Lipinski definition) is 2. The minimum atomic E-state index is -0.828. The van der Waals surface area contributed by atoms with E-state index < -0.39 is 14.6 Å². The Morgan fingerprint density at radius 2 is 2.00 bits per heavy atom. The summed E-state index contributed by atoms with van der Waals surface area (Å²) in [5.41, 5.74) is 0. The molecular formula is C6H12Cl2O2Si. The number of carbonyl (C=O) groups is 1. The molecule has 0 heterocycles. The second-order valence-electron chi connectivity index (χ2n) is 2.97. The summed E-state index contributed by atoms with van der Waals surface area (Å²) in [6.07, 6.45) is 0. The molecule has 5 heteroatoms. The number of methoxy groups -OCH3 is 1. The molecule has 0 N–H and O–H groups in total. The molecule has 0 aliphatic heterocycles. The van der Waals surface area contributed by atoms with Crippen molar-refractivity contribution in [3.8, 4) is 0 Å². The van der Waals surface area contributed by atoms with Gasteiger partial charge >= 0.3 is 5.97 Å². The van der Waals surface area contributed by atoms with Gasteiger partial charge in [-0.15, -0.1) is 23.2 Å². The van der Waals surface area contributed by atoms with E-state index in [1.54, 1.807) is 0 Å². The van der Waals surface area contributed by atoms with Crippen molar-refractivity contribution < 1.29 is 9.53 Å². The molecule has 0 aliphatic rings. The summed E-state index contributed by atoms with van der Waals surface area (Å²) in [7, 11) is 0.543.